The number of nitro groups is 1. The van der Waals surface area contributed by atoms with Gasteiger partial charge in [0, 0.05) is 6.07 Å². The van der Waals surface area contributed by atoms with Gasteiger partial charge in [-0.1, -0.05) is 18.2 Å². The summed E-state index contributed by atoms with van der Waals surface area (Å²) >= 11 is 0. The standard InChI is InChI=1S/C12H8FNO3/c13-10-4-1-8(2-5-10)9-3-6-12(15)11(7-9)14(16)17/h1-7,15H. The second-order valence-electron chi connectivity index (χ2n) is 3.47. The van der Waals surface area contributed by atoms with Gasteiger partial charge in [0.25, 0.3) is 0 Å². The third-order valence-corrected chi connectivity index (χ3v) is 2.35. The zero-order valence-electron chi connectivity index (χ0n) is 8.63. The predicted molar refractivity (Wildman–Crippen MR) is 60.2 cm³/mol. The lowest BCUT2D eigenvalue weighted by Gasteiger charge is -2.02. The first-order chi connectivity index (χ1) is 8.08. The Morgan fingerprint density at radius 2 is 1.65 bits per heavy atom. The number of nitro benzene ring substituents is 1. The molecule has 0 atom stereocenters. The van der Waals surface area contributed by atoms with E-state index in [1.807, 2.05) is 0 Å². The maximum Gasteiger partial charge on any atom is 0.311 e. The molecule has 0 bridgehead atoms. The Morgan fingerprint density at radius 1 is 1.06 bits per heavy atom. The van der Waals surface area contributed by atoms with Gasteiger partial charge < -0.3 is 5.11 Å². The van der Waals surface area contributed by atoms with Crippen molar-refractivity contribution in [2.45, 2.75) is 0 Å². The van der Waals surface area contributed by atoms with Gasteiger partial charge in [-0.2, -0.15) is 0 Å². The number of phenolic OH excluding ortho intramolecular Hbond substituents is 1. The van der Waals surface area contributed by atoms with Crippen LogP contribution in [0.4, 0.5) is 10.1 Å². The van der Waals surface area contributed by atoms with Gasteiger partial charge in [0.05, 0.1) is 4.92 Å². The van der Waals surface area contributed by atoms with Crippen LogP contribution in [0.5, 0.6) is 5.75 Å². The van der Waals surface area contributed by atoms with Crippen molar-refractivity contribution < 1.29 is 14.4 Å². The zero-order valence-corrected chi connectivity index (χ0v) is 8.63. The number of halogens is 1. The molecule has 0 aliphatic carbocycles. The molecule has 4 nitrogen and oxygen atoms in total. The van der Waals surface area contributed by atoms with Crippen molar-refractivity contribution in [1.29, 1.82) is 0 Å². The van der Waals surface area contributed by atoms with Crippen molar-refractivity contribution >= 4 is 5.69 Å². The molecule has 86 valence electrons. The van der Waals surface area contributed by atoms with Crippen LogP contribution in [0, 0.1) is 15.9 Å². The van der Waals surface area contributed by atoms with E-state index >= 15 is 0 Å². The van der Waals surface area contributed by atoms with Gasteiger partial charge in [0.1, 0.15) is 5.82 Å². The fourth-order valence-electron chi connectivity index (χ4n) is 1.49. The second kappa shape index (κ2) is 4.21. The average Bonchev–Trinajstić information content (AvgIpc) is 2.30. The number of hydrogen-bond acceptors (Lipinski definition) is 3. The molecule has 0 unspecified atom stereocenters. The van der Waals surface area contributed by atoms with Gasteiger partial charge >= 0.3 is 5.69 Å². The monoisotopic (exact) mass is 233 g/mol. The minimum absolute atomic E-state index is 0.369. The molecule has 0 radical (unpaired) electrons. The summed E-state index contributed by atoms with van der Waals surface area (Å²) in [6.07, 6.45) is 0. The van der Waals surface area contributed by atoms with E-state index in [9.17, 15) is 19.6 Å². The predicted octanol–water partition coefficient (Wildman–Crippen LogP) is 3.11. The third kappa shape index (κ3) is 2.23. The minimum atomic E-state index is -0.664. The summed E-state index contributed by atoms with van der Waals surface area (Å²) in [4.78, 5) is 9.98. The van der Waals surface area contributed by atoms with Gasteiger partial charge in [0.2, 0.25) is 0 Å². The lowest BCUT2D eigenvalue weighted by atomic mass is 10.0. The highest BCUT2D eigenvalue weighted by molar-refractivity contribution is 5.68. The summed E-state index contributed by atoms with van der Waals surface area (Å²) in [5.41, 5.74) is 0.829. The molecule has 0 aromatic heterocycles. The Labute approximate surface area is 96.1 Å². The summed E-state index contributed by atoms with van der Waals surface area (Å²) in [5.74, 6) is -0.761. The highest BCUT2D eigenvalue weighted by Gasteiger charge is 2.14. The zero-order chi connectivity index (χ0) is 12.4. The van der Waals surface area contributed by atoms with Gasteiger partial charge in [-0.25, -0.2) is 4.39 Å². The van der Waals surface area contributed by atoms with Crippen LogP contribution >= 0.6 is 0 Å². The first-order valence-corrected chi connectivity index (χ1v) is 4.81. The number of hydrogen-bond donors (Lipinski definition) is 1. The summed E-state index contributed by atoms with van der Waals surface area (Å²) in [6.45, 7) is 0. The number of aromatic hydroxyl groups is 1. The SMILES string of the molecule is O=[N+]([O-])c1cc(-c2ccc(F)cc2)ccc1O. The van der Waals surface area contributed by atoms with E-state index in [2.05, 4.69) is 0 Å². The molecule has 2 aromatic carbocycles. The molecule has 0 saturated carbocycles. The molecule has 2 aromatic rings. The molecule has 0 heterocycles. The van der Waals surface area contributed by atoms with E-state index in [0.29, 0.717) is 11.1 Å². The quantitative estimate of drug-likeness (QED) is 0.640. The molecule has 0 spiro atoms. The molecule has 2 rings (SSSR count). The smallest absolute Gasteiger partial charge is 0.311 e. The van der Waals surface area contributed by atoms with E-state index < -0.39 is 4.92 Å². The van der Waals surface area contributed by atoms with Crippen molar-refractivity contribution in [1.82, 2.24) is 0 Å². The highest BCUT2D eigenvalue weighted by Crippen LogP contribution is 2.31. The van der Waals surface area contributed by atoms with E-state index in [-0.39, 0.29) is 17.3 Å². The first kappa shape index (κ1) is 11.1. The number of rotatable bonds is 2. The van der Waals surface area contributed by atoms with Gasteiger partial charge in [-0.3, -0.25) is 10.1 Å². The van der Waals surface area contributed by atoms with Gasteiger partial charge in [0.15, 0.2) is 5.75 Å². The molecule has 5 heteroatoms. The average molecular weight is 233 g/mol. The Bertz CT molecular complexity index is 566. The molecule has 0 aliphatic rings. The lowest BCUT2D eigenvalue weighted by Crippen LogP contribution is -1.89. The van der Waals surface area contributed by atoms with Crippen LogP contribution in [0.2, 0.25) is 0 Å². The third-order valence-electron chi connectivity index (χ3n) is 2.35. The van der Waals surface area contributed by atoms with E-state index in [1.54, 1.807) is 0 Å². The van der Waals surface area contributed by atoms with Crippen LogP contribution in [-0.4, -0.2) is 10.0 Å². The molecule has 0 amide bonds. The Balaban J connectivity index is 2.50. The number of phenols is 1. The van der Waals surface area contributed by atoms with Gasteiger partial charge in [-0.05, 0) is 29.3 Å². The summed E-state index contributed by atoms with van der Waals surface area (Å²) < 4.78 is 12.7. The largest absolute Gasteiger partial charge is 0.502 e. The summed E-state index contributed by atoms with van der Waals surface area (Å²) in [7, 11) is 0. The highest BCUT2D eigenvalue weighted by atomic mass is 19.1. The fraction of sp³-hybridized carbons (Fsp3) is 0. The van der Waals surface area contributed by atoms with Crippen LogP contribution < -0.4 is 0 Å². The van der Waals surface area contributed by atoms with Crippen molar-refractivity contribution in [3.05, 3.63) is 58.4 Å². The number of nitrogens with zero attached hydrogens (tertiary/aromatic N) is 1. The molecule has 1 N–H and O–H groups in total. The lowest BCUT2D eigenvalue weighted by molar-refractivity contribution is -0.385. The van der Waals surface area contributed by atoms with E-state index in [4.69, 9.17) is 0 Å². The van der Waals surface area contributed by atoms with Crippen molar-refractivity contribution in [2.75, 3.05) is 0 Å². The second-order valence-corrected chi connectivity index (χ2v) is 3.47. The summed E-state index contributed by atoms with van der Waals surface area (Å²) in [5, 5.41) is 19.9. The van der Waals surface area contributed by atoms with Crippen LogP contribution in [0.15, 0.2) is 42.5 Å². The molecule has 17 heavy (non-hydrogen) atoms. The first-order valence-electron chi connectivity index (χ1n) is 4.81. The molecular formula is C12H8FNO3. The van der Waals surface area contributed by atoms with E-state index in [1.165, 1.54) is 42.5 Å². The molecular weight excluding hydrogens is 225 g/mol. The Kier molecular flexibility index (Phi) is 2.74. The molecule has 0 aliphatic heterocycles. The molecule has 0 fully saturated rings. The van der Waals surface area contributed by atoms with Crippen LogP contribution in [0.25, 0.3) is 11.1 Å². The fourth-order valence-corrected chi connectivity index (χ4v) is 1.49. The Morgan fingerprint density at radius 3 is 2.24 bits per heavy atom. The van der Waals surface area contributed by atoms with E-state index in [0.717, 1.165) is 0 Å². The van der Waals surface area contributed by atoms with Crippen molar-refractivity contribution in [2.24, 2.45) is 0 Å². The topological polar surface area (TPSA) is 63.4 Å². The van der Waals surface area contributed by atoms with Crippen LogP contribution in [0.1, 0.15) is 0 Å². The van der Waals surface area contributed by atoms with Gasteiger partial charge in [-0.15, -0.1) is 0 Å². The normalized spacial score (nSPS) is 10.2. The minimum Gasteiger partial charge on any atom is -0.502 e. The Hall–Kier alpha value is -2.43. The molecule has 0 saturated heterocycles. The number of benzene rings is 2. The maximum absolute atomic E-state index is 12.7. The van der Waals surface area contributed by atoms with Crippen LogP contribution in [0.3, 0.4) is 0 Å². The van der Waals surface area contributed by atoms with Crippen molar-refractivity contribution in [3.63, 3.8) is 0 Å². The summed E-state index contributed by atoms with van der Waals surface area (Å²) in [6, 6.07) is 9.62. The van der Waals surface area contributed by atoms with Crippen LogP contribution in [-0.2, 0) is 0 Å². The maximum atomic E-state index is 12.7. The van der Waals surface area contributed by atoms with Crippen molar-refractivity contribution in [3.8, 4) is 16.9 Å².